The van der Waals surface area contributed by atoms with Crippen LogP contribution in [0, 0.1) is 0 Å². The van der Waals surface area contributed by atoms with Gasteiger partial charge in [0.15, 0.2) is 0 Å². The van der Waals surface area contributed by atoms with Gasteiger partial charge in [-0.1, -0.05) is 13.3 Å². The number of hydrogen-bond donors (Lipinski definition) is 1. The zero-order chi connectivity index (χ0) is 11.5. The molecular weight excluding hydrogens is 212 g/mol. The summed E-state index contributed by atoms with van der Waals surface area (Å²) in [6.07, 6.45) is 2.69. The molecule has 2 unspecified atom stereocenters. The molecule has 1 fully saturated rings. The Morgan fingerprint density at radius 3 is 2.67 bits per heavy atom. The third-order valence-electron chi connectivity index (χ3n) is 3.16. The average molecular weight is 234 g/mol. The van der Waals surface area contributed by atoms with Gasteiger partial charge in [-0.3, -0.25) is 0 Å². The molecule has 90 valence electrons. The van der Waals surface area contributed by atoms with Crippen molar-refractivity contribution in [3.05, 3.63) is 0 Å². The molecule has 1 rings (SSSR count). The summed E-state index contributed by atoms with van der Waals surface area (Å²) in [4.78, 5) is 0. The first-order chi connectivity index (χ1) is 7.00. The number of nitrogens with one attached hydrogen (secondary N) is 1. The molecule has 1 saturated heterocycles. The second-order valence-electron chi connectivity index (χ2n) is 4.31. The van der Waals surface area contributed by atoms with Gasteiger partial charge in [0.05, 0.1) is 5.25 Å². The van der Waals surface area contributed by atoms with Gasteiger partial charge in [0, 0.05) is 19.6 Å². The van der Waals surface area contributed by atoms with Crippen LogP contribution < -0.4 is 5.32 Å². The smallest absolute Gasteiger partial charge is 0.218 e. The highest BCUT2D eigenvalue weighted by atomic mass is 32.2. The van der Waals surface area contributed by atoms with E-state index in [2.05, 4.69) is 12.2 Å². The van der Waals surface area contributed by atoms with Gasteiger partial charge in [-0.05, 0) is 26.3 Å². The summed E-state index contributed by atoms with van der Waals surface area (Å²) in [6, 6.07) is 0.112. The third-order valence-corrected chi connectivity index (χ3v) is 5.57. The minimum absolute atomic E-state index is 0.112. The van der Waals surface area contributed by atoms with Crippen molar-refractivity contribution in [3.63, 3.8) is 0 Å². The Kier molecular flexibility index (Phi) is 4.55. The molecular formula is C10H22N2O2S. The van der Waals surface area contributed by atoms with Gasteiger partial charge in [0.1, 0.15) is 0 Å². The quantitative estimate of drug-likeness (QED) is 0.765. The van der Waals surface area contributed by atoms with Crippen LogP contribution in [-0.2, 0) is 10.0 Å². The maximum Gasteiger partial charge on any atom is 0.218 e. The number of rotatable bonds is 5. The van der Waals surface area contributed by atoms with Crippen molar-refractivity contribution in [2.24, 2.45) is 0 Å². The molecule has 0 aromatic rings. The maximum atomic E-state index is 12.1. The first-order valence-electron chi connectivity index (χ1n) is 5.67. The summed E-state index contributed by atoms with van der Waals surface area (Å²) in [7, 11) is -1.39. The summed E-state index contributed by atoms with van der Waals surface area (Å²) in [5.74, 6) is 0. The van der Waals surface area contributed by atoms with Gasteiger partial charge in [0.2, 0.25) is 10.0 Å². The van der Waals surface area contributed by atoms with Crippen molar-refractivity contribution >= 4 is 10.0 Å². The normalized spacial score (nSPS) is 24.7. The summed E-state index contributed by atoms with van der Waals surface area (Å²) >= 11 is 0. The summed E-state index contributed by atoms with van der Waals surface area (Å²) in [6.45, 7) is 5.48. The van der Waals surface area contributed by atoms with Gasteiger partial charge in [-0.25, -0.2) is 12.7 Å². The van der Waals surface area contributed by atoms with E-state index in [9.17, 15) is 8.42 Å². The van der Waals surface area contributed by atoms with Gasteiger partial charge >= 0.3 is 0 Å². The summed E-state index contributed by atoms with van der Waals surface area (Å²) < 4.78 is 25.8. The Labute approximate surface area is 93.1 Å². The van der Waals surface area contributed by atoms with Crippen LogP contribution in [0.5, 0.6) is 0 Å². The lowest BCUT2D eigenvalue weighted by molar-refractivity contribution is 0.364. The van der Waals surface area contributed by atoms with E-state index in [1.807, 2.05) is 6.92 Å². The molecule has 0 amide bonds. The molecule has 0 bridgehead atoms. The first kappa shape index (κ1) is 12.9. The fourth-order valence-corrected chi connectivity index (χ4v) is 3.79. The molecule has 0 aromatic heterocycles. The molecule has 5 heteroatoms. The number of hydrogen-bond acceptors (Lipinski definition) is 3. The maximum absolute atomic E-state index is 12.1. The van der Waals surface area contributed by atoms with Crippen molar-refractivity contribution in [2.75, 3.05) is 20.1 Å². The lowest BCUT2D eigenvalue weighted by Gasteiger charge is -2.26. The predicted octanol–water partition coefficient (Wildman–Crippen LogP) is 0.798. The molecule has 4 nitrogen and oxygen atoms in total. The summed E-state index contributed by atoms with van der Waals surface area (Å²) in [5, 5.41) is 2.88. The van der Waals surface area contributed by atoms with Crippen molar-refractivity contribution in [3.8, 4) is 0 Å². The third kappa shape index (κ3) is 2.92. The van der Waals surface area contributed by atoms with Crippen LogP contribution in [0.25, 0.3) is 0 Å². The van der Waals surface area contributed by atoms with Gasteiger partial charge in [-0.2, -0.15) is 0 Å². The second kappa shape index (κ2) is 5.27. The van der Waals surface area contributed by atoms with Crippen molar-refractivity contribution in [1.29, 1.82) is 0 Å². The van der Waals surface area contributed by atoms with E-state index in [-0.39, 0.29) is 11.3 Å². The van der Waals surface area contributed by atoms with Crippen LogP contribution in [0.1, 0.15) is 33.1 Å². The molecule has 1 aliphatic heterocycles. The van der Waals surface area contributed by atoms with Crippen LogP contribution in [0.3, 0.4) is 0 Å². The van der Waals surface area contributed by atoms with E-state index in [1.54, 1.807) is 11.4 Å². The van der Waals surface area contributed by atoms with E-state index in [4.69, 9.17) is 0 Å². The van der Waals surface area contributed by atoms with E-state index < -0.39 is 10.0 Å². The van der Waals surface area contributed by atoms with Gasteiger partial charge < -0.3 is 5.32 Å². The molecule has 1 heterocycles. The molecule has 0 radical (unpaired) electrons. The molecule has 15 heavy (non-hydrogen) atoms. The monoisotopic (exact) mass is 234 g/mol. The molecule has 2 atom stereocenters. The highest BCUT2D eigenvalue weighted by Crippen LogP contribution is 2.17. The van der Waals surface area contributed by atoms with Crippen LogP contribution in [0.4, 0.5) is 0 Å². The zero-order valence-corrected chi connectivity index (χ0v) is 10.7. The Balaban J connectivity index is 2.67. The van der Waals surface area contributed by atoms with Crippen LogP contribution in [0.15, 0.2) is 0 Å². The summed E-state index contributed by atoms with van der Waals surface area (Å²) in [5.41, 5.74) is 0. The Morgan fingerprint density at radius 2 is 2.20 bits per heavy atom. The average Bonchev–Trinajstić information content (AvgIpc) is 2.70. The van der Waals surface area contributed by atoms with E-state index in [1.165, 1.54) is 0 Å². The van der Waals surface area contributed by atoms with Crippen LogP contribution >= 0.6 is 0 Å². The number of nitrogens with zero attached hydrogens (tertiary/aromatic N) is 1. The lowest BCUT2D eigenvalue weighted by atomic mass is 10.2. The van der Waals surface area contributed by atoms with E-state index in [0.29, 0.717) is 6.54 Å². The fourth-order valence-electron chi connectivity index (χ4n) is 1.97. The molecule has 1 N–H and O–H groups in total. The lowest BCUT2D eigenvalue weighted by Crippen LogP contribution is -2.42. The molecule has 0 spiro atoms. The molecule has 1 aliphatic rings. The molecule has 0 saturated carbocycles. The Bertz CT molecular complexity index is 284. The predicted molar refractivity (Wildman–Crippen MR) is 62.3 cm³/mol. The van der Waals surface area contributed by atoms with Crippen LogP contribution in [-0.4, -0.2) is 44.2 Å². The SMILES string of the molecule is CCCC(C)N(C)S(=O)(=O)C1CCNC1. The van der Waals surface area contributed by atoms with Gasteiger partial charge in [0.25, 0.3) is 0 Å². The minimum Gasteiger partial charge on any atom is -0.315 e. The largest absolute Gasteiger partial charge is 0.315 e. The van der Waals surface area contributed by atoms with Crippen molar-refractivity contribution in [1.82, 2.24) is 9.62 Å². The second-order valence-corrected chi connectivity index (χ2v) is 6.59. The first-order valence-corrected chi connectivity index (χ1v) is 7.18. The molecule has 0 aliphatic carbocycles. The highest BCUT2D eigenvalue weighted by molar-refractivity contribution is 7.89. The standard InChI is InChI=1S/C10H22N2O2S/c1-4-5-9(2)12(3)15(13,14)10-6-7-11-8-10/h9-11H,4-8H2,1-3H3. The van der Waals surface area contributed by atoms with E-state index >= 15 is 0 Å². The Morgan fingerprint density at radius 1 is 1.53 bits per heavy atom. The minimum atomic E-state index is -3.09. The topological polar surface area (TPSA) is 49.4 Å². The fraction of sp³-hybridized carbons (Fsp3) is 1.00. The zero-order valence-electron chi connectivity index (χ0n) is 9.86. The van der Waals surface area contributed by atoms with Gasteiger partial charge in [-0.15, -0.1) is 0 Å². The van der Waals surface area contributed by atoms with Crippen molar-refractivity contribution in [2.45, 2.75) is 44.4 Å². The number of sulfonamides is 1. The van der Waals surface area contributed by atoms with Crippen molar-refractivity contribution < 1.29 is 8.42 Å². The van der Waals surface area contributed by atoms with E-state index in [0.717, 1.165) is 25.8 Å². The highest BCUT2D eigenvalue weighted by Gasteiger charge is 2.33. The molecule has 0 aromatic carbocycles. The Hall–Kier alpha value is -0.130. The van der Waals surface area contributed by atoms with Crippen LogP contribution in [0.2, 0.25) is 0 Å².